The molecule has 1 N–H and O–H groups in total. The number of aliphatic carboxylic acids is 1. The molecule has 2 fully saturated rings. The smallest absolute Gasteiger partial charge is 0.326 e. The van der Waals surface area contributed by atoms with Crippen molar-refractivity contribution in [2.24, 2.45) is 0 Å². The van der Waals surface area contributed by atoms with Gasteiger partial charge in [0.05, 0.1) is 5.41 Å². The number of piperidine rings is 1. The number of rotatable bonds is 3. The van der Waals surface area contributed by atoms with Crippen LogP contribution >= 0.6 is 15.9 Å². The molecule has 1 aromatic carbocycles. The van der Waals surface area contributed by atoms with Gasteiger partial charge in [0.2, 0.25) is 5.91 Å². The van der Waals surface area contributed by atoms with E-state index in [0.29, 0.717) is 13.0 Å². The van der Waals surface area contributed by atoms with Crippen molar-refractivity contribution in [3.05, 3.63) is 34.3 Å². The van der Waals surface area contributed by atoms with Crippen LogP contribution in [0, 0.1) is 0 Å². The molecule has 1 unspecified atom stereocenters. The van der Waals surface area contributed by atoms with Gasteiger partial charge in [0.25, 0.3) is 0 Å². The standard InChI is InChI=1S/C16H18BrNO3/c17-12-6-4-11(5-7-12)16(8-9-16)15(21)18-10-2-1-3-13(18)14(19)20/h4-7,13H,1-3,8-10H2,(H,19,20). The molecule has 1 amide bonds. The largest absolute Gasteiger partial charge is 0.480 e. The summed E-state index contributed by atoms with van der Waals surface area (Å²) in [4.78, 5) is 25.9. The number of hydrogen-bond acceptors (Lipinski definition) is 2. The number of amides is 1. The van der Waals surface area contributed by atoms with Crippen LogP contribution in [0.4, 0.5) is 0 Å². The van der Waals surface area contributed by atoms with Crippen LogP contribution < -0.4 is 0 Å². The van der Waals surface area contributed by atoms with Gasteiger partial charge in [0.1, 0.15) is 6.04 Å². The van der Waals surface area contributed by atoms with E-state index in [0.717, 1.165) is 35.7 Å². The minimum absolute atomic E-state index is 0.00285. The average molecular weight is 352 g/mol. The topological polar surface area (TPSA) is 57.6 Å². The zero-order valence-corrected chi connectivity index (χ0v) is 13.3. The lowest BCUT2D eigenvalue weighted by Crippen LogP contribution is -2.51. The molecule has 0 radical (unpaired) electrons. The first-order valence-electron chi connectivity index (χ1n) is 7.34. The van der Waals surface area contributed by atoms with Crippen LogP contribution in [0.3, 0.4) is 0 Å². The quantitative estimate of drug-likeness (QED) is 0.910. The molecule has 21 heavy (non-hydrogen) atoms. The minimum atomic E-state index is -0.880. The molecule has 112 valence electrons. The molecular weight excluding hydrogens is 334 g/mol. The average Bonchev–Trinajstić information content (AvgIpc) is 3.29. The molecule has 1 heterocycles. The van der Waals surface area contributed by atoms with Crippen molar-refractivity contribution in [3.8, 4) is 0 Å². The van der Waals surface area contributed by atoms with Gasteiger partial charge < -0.3 is 10.0 Å². The number of carbonyl (C=O) groups excluding carboxylic acids is 1. The fourth-order valence-corrected chi connectivity index (χ4v) is 3.49. The van der Waals surface area contributed by atoms with Gasteiger partial charge in [-0.2, -0.15) is 0 Å². The lowest BCUT2D eigenvalue weighted by molar-refractivity contribution is -0.153. The second-order valence-corrected chi connectivity index (χ2v) is 6.85. The van der Waals surface area contributed by atoms with Crippen molar-refractivity contribution in [3.63, 3.8) is 0 Å². The van der Waals surface area contributed by atoms with E-state index in [1.54, 1.807) is 4.90 Å². The Bertz CT molecular complexity index is 565. The van der Waals surface area contributed by atoms with Crippen molar-refractivity contribution in [1.29, 1.82) is 0 Å². The highest BCUT2D eigenvalue weighted by Crippen LogP contribution is 2.50. The Kier molecular flexibility index (Phi) is 3.78. The Morgan fingerprint density at radius 1 is 1.19 bits per heavy atom. The number of carboxylic acids is 1. The summed E-state index contributed by atoms with van der Waals surface area (Å²) in [6.45, 7) is 0.564. The van der Waals surface area contributed by atoms with E-state index in [1.165, 1.54) is 0 Å². The maximum atomic E-state index is 12.9. The van der Waals surface area contributed by atoms with E-state index in [4.69, 9.17) is 0 Å². The Morgan fingerprint density at radius 2 is 1.86 bits per heavy atom. The summed E-state index contributed by atoms with van der Waals surface area (Å²) in [6, 6.07) is 7.16. The number of halogens is 1. The summed E-state index contributed by atoms with van der Waals surface area (Å²) < 4.78 is 0.982. The maximum Gasteiger partial charge on any atom is 0.326 e. The predicted molar refractivity (Wildman–Crippen MR) is 82.0 cm³/mol. The molecule has 5 heteroatoms. The first-order chi connectivity index (χ1) is 10.0. The number of nitrogens with zero attached hydrogens (tertiary/aromatic N) is 1. The highest BCUT2D eigenvalue weighted by molar-refractivity contribution is 9.10. The summed E-state index contributed by atoms with van der Waals surface area (Å²) in [7, 11) is 0. The molecule has 1 atom stereocenters. The van der Waals surface area contributed by atoms with Crippen LogP contribution in [-0.2, 0) is 15.0 Å². The van der Waals surface area contributed by atoms with Gasteiger partial charge in [-0.3, -0.25) is 4.79 Å². The van der Waals surface area contributed by atoms with Crippen molar-refractivity contribution < 1.29 is 14.7 Å². The first-order valence-corrected chi connectivity index (χ1v) is 8.14. The Labute approximate surface area is 132 Å². The summed E-state index contributed by atoms with van der Waals surface area (Å²) in [5.41, 5.74) is 0.525. The van der Waals surface area contributed by atoms with Gasteiger partial charge in [0.15, 0.2) is 0 Å². The molecule has 3 rings (SSSR count). The van der Waals surface area contributed by atoms with Crippen LogP contribution in [0.25, 0.3) is 0 Å². The van der Waals surface area contributed by atoms with Gasteiger partial charge in [-0.25, -0.2) is 4.79 Å². The van der Waals surface area contributed by atoms with E-state index in [2.05, 4.69) is 15.9 Å². The summed E-state index contributed by atoms with van der Waals surface area (Å²) in [5, 5.41) is 9.35. The molecule has 4 nitrogen and oxygen atoms in total. The third kappa shape index (κ3) is 2.59. The first kappa shape index (κ1) is 14.6. The number of benzene rings is 1. The molecule has 0 bridgehead atoms. The Morgan fingerprint density at radius 3 is 2.43 bits per heavy atom. The van der Waals surface area contributed by atoms with E-state index >= 15 is 0 Å². The zero-order chi connectivity index (χ0) is 15.0. The van der Waals surface area contributed by atoms with E-state index in [1.807, 2.05) is 24.3 Å². The van der Waals surface area contributed by atoms with Crippen LogP contribution in [0.15, 0.2) is 28.7 Å². The van der Waals surface area contributed by atoms with Crippen molar-refractivity contribution in [2.75, 3.05) is 6.54 Å². The molecule has 1 aliphatic carbocycles. The zero-order valence-electron chi connectivity index (χ0n) is 11.7. The second kappa shape index (κ2) is 5.44. The third-order valence-corrected chi connectivity index (χ3v) is 5.13. The van der Waals surface area contributed by atoms with Crippen LogP contribution in [0.1, 0.15) is 37.7 Å². The van der Waals surface area contributed by atoms with Gasteiger partial charge in [-0.05, 0) is 49.8 Å². The second-order valence-electron chi connectivity index (χ2n) is 5.94. The lowest BCUT2D eigenvalue weighted by atomic mass is 9.91. The van der Waals surface area contributed by atoms with Crippen LogP contribution in [0.5, 0.6) is 0 Å². The molecule has 2 aliphatic rings. The third-order valence-electron chi connectivity index (χ3n) is 4.60. The maximum absolute atomic E-state index is 12.9. The predicted octanol–water partition coefficient (Wildman–Crippen LogP) is 2.95. The van der Waals surface area contributed by atoms with E-state index in [-0.39, 0.29) is 5.91 Å². The number of likely N-dealkylation sites (tertiary alicyclic amines) is 1. The highest BCUT2D eigenvalue weighted by Gasteiger charge is 2.54. The van der Waals surface area contributed by atoms with Gasteiger partial charge in [-0.1, -0.05) is 28.1 Å². The molecule has 0 aromatic heterocycles. The normalized spacial score (nSPS) is 23.7. The summed E-state index contributed by atoms with van der Waals surface area (Å²) >= 11 is 3.40. The monoisotopic (exact) mass is 351 g/mol. The van der Waals surface area contributed by atoms with Crippen molar-refractivity contribution in [1.82, 2.24) is 4.90 Å². The Balaban J connectivity index is 1.86. The molecule has 1 saturated carbocycles. The van der Waals surface area contributed by atoms with Gasteiger partial charge >= 0.3 is 5.97 Å². The fraction of sp³-hybridized carbons (Fsp3) is 0.500. The SMILES string of the molecule is O=C(O)C1CCCCN1C(=O)C1(c2ccc(Br)cc2)CC1. The van der Waals surface area contributed by atoms with Gasteiger partial charge in [-0.15, -0.1) is 0 Å². The van der Waals surface area contributed by atoms with Crippen LogP contribution in [0.2, 0.25) is 0 Å². The molecule has 1 aliphatic heterocycles. The molecule has 0 spiro atoms. The number of hydrogen-bond donors (Lipinski definition) is 1. The molecule has 1 saturated heterocycles. The summed E-state index contributed by atoms with van der Waals surface area (Å²) in [6.07, 6.45) is 3.97. The molecule has 1 aromatic rings. The van der Waals surface area contributed by atoms with Crippen molar-refractivity contribution in [2.45, 2.75) is 43.6 Å². The minimum Gasteiger partial charge on any atom is -0.480 e. The lowest BCUT2D eigenvalue weighted by Gasteiger charge is -2.35. The number of carboxylic acid groups (broad SMARTS) is 1. The van der Waals surface area contributed by atoms with Crippen LogP contribution in [-0.4, -0.2) is 34.5 Å². The van der Waals surface area contributed by atoms with Crippen molar-refractivity contribution >= 4 is 27.8 Å². The Hall–Kier alpha value is -1.36. The molecular formula is C16H18BrNO3. The fourth-order valence-electron chi connectivity index (χ4n) is 3.23. The van der Waals surface area contributed by atoms with E-state index < -0.39 is 17.4 Å². The van der Waals surface area contributed by atoms with E-state index in [9.17, 15) is 14.7 Å². The number of carbonyl (C=O) groups is 2. The highest BCUT2D eigenvalue weighted by atomic mass is 79.9. The summed E-state index contributed by atoms with van der Waals surface area (Å²) in [5.74, 6) is -0.883. The van der Waals surface area contributed by atoms with Gasteiger partial charge in [0, 0.05) is 11.0 Å².